The van der Waals surface area contributed by atoms with E-state index >= 15 is 0 Å². The van der Waals surface area contributed by atoms with Crippen molar-refractivity contribution >= 4 is 22.7 Å². The molecule has 7 aromatic rings. The van der Waals surface area contributed by atoms with Crippen LogP contribution < -0.4 is 0 Å². The molecule has 1 aliphatic carbocycles. The van der Waals surface area contributed by atoms with Crippen molar-refractivity contribution in [3.63, 3.8) is 0 Å². The third kappa shape index (κ3) is 3.61. The first-order valence-electron chi connectivity index (χ1n) is 13.7. The molecule has 1 heterocycles. The SMILES string of the molecule is Clc1cccc(-c2nc3ccc(-c4cccc5c4-c4ccccc4C5(c4ccccc4)c4ccccc4)cc3o2)c1. The van der Waals surface area contributed by atoms with Gasteiger partial charge in [-0.25, -0.2) is 4.98 Å². The van der Waals surface area contributed by atoms with Gasteiger partial charge in [-0.2, -0.15) is 0 Å². The van der Waals surface area contributed by atoms with Gasteiger partial charge in [-0.05, 0) is 74.8 Å². The lowest BCUT2D eigenvalue weighted by Crippen LogP contribution is -2.28. The molecule has 1 aliphatic rings. The van der Waals surface area contributed by atoms with Crippen molar-refractivity contribution in [2.24, 2.45) is 0 Å². The summed E-state index contributed by atoms with van der Waals surface area (Å²) in [6.45, 7) is 0. The summed E-state index contributed by atoms with van der Waals surface area (Å²) >= 11 is 6.24. The van der Waals surface area contributed by atoms with E-state index in [1.54, 1.807) is 0 Å². The monoisotopic (exact) mass is 545 g/mol. The van der Waals surface area contributed by atoms with Crippen molar-refractivity contribution in [3.8, 4) is 33.7 Å². The molecule has 0 atom stereocenters. The first kappa shape index (κ1) is 23.9. The van der Waals surface area contributed by atoms with Gasteiger partial charge in [0.15, 0.2) is 5.58 Å². The zero-order chi connectivity index (χ0) is 27.4. The van der Waals surface area contributed by atoms with E-state index in [4.69, 9.17) is 21.0 Å². The second-order valence-electron chi connectivity index (χ2n) is 10.5. The zero-order valence-corrected chi connectivity index (χ0v) is 22.8. The number of fused-ring (bicyclic) bond motifs is 4. The van der Waals surface area contributed by atoms with Crippen LogP contribution in [0.15, 0.2) is 150 Å². The Morgan fingerprint density at radius 2 is 1.20 bits per heavy atom. The standard InChI is InChI=1S/C38H24ClNO/c39-29-16-9-11-26(23-29)37-40-34-22-21-25(24-35(34)41-37)30-18-10-20-33-36(30)31-17-7-8-19-32(31)38(33,27-12-3-1-4-13-27)28-14-5-2-6-15-28/h1-24H. The van der Waals surface area contributed by atoms with E-state index in [9.17, 15) is 0 Å². The van der Waals surface area contributed by atoms with Gasteiger partial charge in [-0.1, -0.05) is 127 Å². The molecule has 0 saturated heterocycles. The molecule has 0 fully saturated rings. The summed E-state index contributed by atoms with van der Waals surface area (Å²) in [6.07, 6.45) is 0. The summed E-state index contributed by atoms with van der Waals surface area (Å²) in [5.41, 5.74) is 11.9. The van der Waals surface area contributed by atoms with E-state index in [1.807, 2.05) is 30.3 Å². The Labute approximate surface area is 243 Å². The Bertz CT molecular complexity index is 2020. The molecule has 0 N–H and O–H groups in total. The van der Waals surface area contributed by atoms with Crippen LogP contribution in [0.3, 0.4) is 0 Å². The molecular formula is C38H24ClNO. The highest BCUT2D eigenvalue weighted by atomic mass is 35.5. The molecule has 0 spiro atoms. The number of hydrogen-bond acceptors (Lipinski definition) is 2. The maximum atomic E-state index is 6.27. The predicted octanol–water partition coefficient (Wildman–Crippen LogP) is 10.2. The molecule has 2 nitrogen and oxygen atoms in total. The fourth-order valence-corrected chi connectivity index (χ4v) is 6.76. The van der Waals surface area contributed by atoms with Gasteiger partial charge in [-0.3, -0.25) is 0 Å². The normalized spacial score (nSPS) is 13.2. The van der Waals surface area contributed by atoms with Crippen LogP contribution in [-0.2, 0) is 5.41 Å². The molecule has 0 radical (unpaired) electrons. The quantitative estimate of drug-likeness (QED) is 0.220. The number of halogens is 1. The zero-order valence-electron chi connectivity index (χ0n) is 22.1. The van der Waals surface area contributed by atoms with Gasteiger partial charge in [0.2, 0.25) is 5.89 Å². The van der Waals surface area contributed by atoms with Gasteiger partial charge < -0.3 is 4.42 Å². The maximum Gasteiger partial charge on any atom is 0.227 e. The minimum atomic E-state index is -0.430. The van der Waals surface area contributed by atoms with E-state index in [1.165, 1.54) is 38.9 Å². The van der Waals surface area contributed by atoms with Gasteiger partial charge in [0.1, 0.15) is 5.52 Å². The summed E-state index contributed by atoms with van der Waals surface area (Å²) < 4.78 is 6.27. The summed E-state index contributed by atoms with van der Waals surface area (Å²) in [7, 11) is 0. The molecule has 0 saturated carbocycles. The molecule has 41 heavy (non-hydrogen) atoms. The van der Waals surface area contributed by atoms with Crippen LogP contribution >= 0.6 is 11.6 Å². The van der Waals surface area contributed by atoms with Crippen LogP contribution in [-0.4, -0.2) is 4.98 Å². The minimum Gasteiger partial charge on any atom is -0.436 e. The Balaban J connectivity index is 1.38. The van der Waals surface area contributed by atoms with E-state index in [0.29, 0.717) is 10.9 Å². The Kier molecular flexibility index (Phi) is 5.44. The fraction of sp³-hybridized carbons (Fsp3) is 0.0263. The van der Waals surface area contributed by atoms with Crippen molar-refractivity contribution in [3.05, 3.63) is 173 Å². The molecule has 0 amide bonds. The van der Waals surface area contributed by atoms with Crippen molar-refractivity contribution < 1.29 is 4.42 Å². The number of aromatic nitrogens is 1. The molecule has 6 aromatic carbocycles. The smallest absolute Gasteiger partial charge is 0.227 e. The maximum absolute atomic E-state index is 6.27. The Morgan fingerprint density at radius 3 is 1.95 bits per heavy atom. The van der Waals surface area contributed by atoms with Crippen LogP contribution in [0.2, 0.25) is 5.02 Å². The van der Waals surface area contributed by atoms with Crippen LogP contribution in [0, 0.1) is 0 Å². The van der Waals surface area contributed by atoms with Gasteiger partial charge in [-0.15, -0.1) is 0 Å². The highest BCUT2D eigenvalue weighted by molar-refractivity contribution is 6.30. The van der Waals surface area contributed by atoms with E-state index in [2.05, 4.69) is 115 Å². The number of hydrogen-bond donors (Lipinski definition) is 0. The minimum absolute atomic E-state index is 0.430. The first-order valence-corrected chi connectivity index (χ1v) is 14.1. The second kappa shape index (κ2) is 9.33. The van der Waals surface area contributed by atoms with E-state index < -0.39 is 5.41 Å². The largest absolute Gasteiger partial charge is 0.436 e. The van der Waals surface area contributed by atoms with Gasteiger partial charge in [0, 0.05) is 10.6 Å². The molecule has 0 unspecified atom stereocenters. The van der Waals surface area contributed by atoms with Crippen LogP contribution in [0.25, 0.3) is 44.8 Å². The summed E-state index contributed by atoms with van der Waals surface area (Å²) in [5, 5.41) is 0.657. The number of benzene rings is 6. The lowest BCUT2D eigenvalue weighted by molar-refractivity contribution is 0.620. The van der Waals surface area contributed by atoms with Gasteiger partial charge in [0.25, 0.3) is 0 Å². The molecule has 0 bridgehead atoms. The molecule has 8 rings (SSSR count). The van der Waals surface area contributed by atoms with Crippen molar-refractivity contribution in [2.75, 3.05) is 0 Å². The average Bonchev–Trinajstić information content (AvgIpc) is 3.59. The van der Waals surface area contributed by atoms with Crippen LogP contribution in [0.1, 0.15) is 22.3 Å². The third-order valence-corrected chi connectivity index (χ3v) is 8.49. The van der Waals surface area contributed by atoms with Crippen molar-refractivity contribution in [2.45, 2.75) is 5.41 Å². The van der Waals surface area contributed by atoms with Crippen molar-refractivity contribution in [1.29, 1.82) is 0 Å². The average molecular weight is 546 g/mol. The highest BCUT2D eigenvalue weighted by Gasteiger charge is 2.46. The van der Waals surface area contributed by atoms with Gasteiger partial charge in [0.05, 0.1) is 5.41 Å². The molecule has 0 aliphatic heterocycles. The Hall–Kier alpha value is -4.92. The summed E-state index contributed by atoms with van der Waals surface area (Å²) in [6, 6.07) is 51.2. The lowest BCUT2D eigenvalue weighted by Gasteiger charge is -2.34. The lowest BCUT2D eigenvalue weighted by atomic mass is 9.67. The number of rotatable bonds is 4. The molecule has 1 aromatic heterocycles. The summed E-state index contributed by atoms with van der Waals surface area (Å²) in [5.74, 6) is 0.565. The first-order chi connectivity index (χ1) is 20.2. The van der Waals surface area contributed by atoms with Gasteiger partial charge >= 0.3 is 0 Å². The molecular weight excluding hydrogens is 522 g/mol. The second-order valence-corrected chi connectivity index (χ2v) is 10.9. The Morgan fingerprint density at radius 1 is 0.537 bits per heavy atom. The fourth-order valence-electron chi connectivity index (χ4n) is 6.57. The third-order valence-electron chi connectivity index (χ3n) is 8.25. The van der Waals surface area contributed by atoms with Crippen LogP contribution in [0.5, 0.6) is 0 Å². The number of oxazole rings is 1. The predicted molar refractivity (Wildman–Crippen MR) is 167 cm³/mol. The van der Waals surface area contributed by atoms with E-state index in [-0.39, 0.29) is 0 Å². The van der Waals surface area contributed by atoms with Crippen LogP contribution in [0.4, 0.5) is 0 Å². The highest BCUT2D eigenvalue weighted by Crippen LogP contribution is 2.58. The number of nitrogens with zero attached hydrogens (tertiary/aromatic N) is 1. The molecule has 194 valence electrons. The summed E-state index contributed by atoms with van der Waals surface area (Å²) in [4.78, 5) is 4.74. The molecule has 3 heteroatoms. The topological polar surface area (TPSA) is 26.0 Å². The van der Waals surface area contributed by atoms with Crippen molar-refractivity contribution in [1.82, 2.24) is 4.98 Å². The van der Waals surface area contributed by atoms with E-state index in [0.717, 1.165) is 22.2 Å².